The summed E-state index contributed by atoms with van der Waals surface area (Å²) in [5.41, 5.74) is -0.210. The Balaban J connectivity index is 1.61. The van der Waals surface area contributed by atoms with Gasteiger partial charge in [0.15, 0.2) is 5.16 Å². The minimum Gasteiger partial charge on any atom is -0.378 e. The Morgan fingerprint density at radius 1 is 1.13 bits per heavy atom. The van der Waals surface area contributed by atoms with Gasteiger partial charge in [-0.3, -0.25) is 19.1 Å². The molecule has 1 saturated heterocycles. The molecule has 1 aromatic carbocycles. The van der Waals surface area contributed by atoms with Crippen molar-refractivity contribution in [3.63, 3.8) is 0 Å². The van der Waals surface area contributed by atoms with Crippen LogP contribution in [0.15, 0.2) is 45.1 Å². The largest absolute Gasteiger partial charge is 0.378 e. The molecule has 0 bridgehead atoms. The summed E-state index contributed by atoms with van der Waals surface area (Å²) >= 11 is 1.21. The first-order valence-corrected chi connectivity index (χ1v) is 10.5. The molecule has 2 N–H and O–H groups in total. The molecular weight excluding hydrogens is 427 g/mol. The van der Waals surface area contributed by atoms with Crippen molar-refractivity contribution in [1.82, 2.24) is 29.6 Å². The number of carbonyl (C=O) groups is 1. The van der Waals surface area contributed by atoms with E-state index >= 15 is 0 Å². The van der Waals surface area contributed by atoms with Gasteiger partial charge in [-0.15, -0.1) is 10.2 Å². The van der Waals surface area contributed by atoms with Gasteiger partial charge in [-0.2, -0.15) is 0 Å². The fraction of sp³-hybridized carbons (Fsp3) is 0.316. The zero-order valence-corrected chi connectivity index (χ0v) is 17.2. The lowest BCUT2D eigenvalue weighted by Gasteiger charge is -2.26. The molecule has 162 valence electrons. The predicted molar refractivity (Wildman–Crippen MR) is 110 cm³/mol. The first-order chi connectivity index (χ1) is 15.0. The van der Waals surface area contributed by atoms with Crippen LogP contribution in [-0.4, -0.2) is 67.6 Å². The third-order valence-corrected chi connectivity index (χ3v) is 5.55. The molecular formula is C19H19FN6O4S. The Kier molecular flexibility index (Phi) is 6.28. The monoisotopic (exact) mass is 446 g/mol. The number of thioether (sulfide) groups is 1. The SMILES string of the molecule is O=C(CSc1nnc(Cc2cc(=O)[nH]c(=O)[nH]2)n1-c1ccc(F)cc1)N1CCOCC1. The number of morpholine rings is 1. The average molecular weight is 446 g/mol. The second kappa shape index (κ2) is 9.27. The number of hydrogen-bond acceptors (Lipinski definition) is 7. The standard InChI is InChI=1S/C19H19FN6O4S/c20-12-1-3-14(4-2-12)26-15(9-13-10-16(27)22-18(29)21-13)23-24-19(26)31-11-17(28)25-5-7-30-8-6-25/h1-4,10H,5-9,11H2,(H2,21,22,27,29). The Bertz CT molecular complexity index is 1150. The summed E-state index contributed by atoms with van der Waals surface area (Å²) in [5.74, 6) is 0.145. The van der Waals surface area contributed by atoms with E-state index in [4.69, 9.17) is 4.74 Å². The Morgan fingerprint density at radius 2 is 1.87 bits per heavy atom. The summed E-state index contributed by atoms with van der Waals surface area (Å²) < 4.78 is 20.4. The molecule has 0 saturated carbocycles. The Hall–Kier alpha value is -3.25. The molecule has 10 nitrogen and oxygen atoms in total. The number of carbonyl (C=O) groups excluding carboxylic acids is 1. The van der Waals surface area contributed by atoms with Gasteiger partial charge >= 0.3 is 5.69 Å². The van der Waals surface area contributed by atoms with Crippen LogP contribution in [0, 0.1) is 5.82 Å². The maximum absolute atomic E-state index is 13.4. The summed E-state index contributed by atoms with van der Waals surface area (Å²) in [6, 6.07) is 7.01. The maximum Gasteiger partial charge on any atom is 0.325 e. The molecule has 0 atom stereocenters. The molecule has 0 unspecified atom stereocenters. The van der Waals surface area contributed by atoms with Crippen LogP contribution in [0.4, 0.5) is 4.39 Å². The van der Waals surface area contributed by atoms with Crippen LogP contribution in [0.3, 0.4) is 0 Å². The zero-order valence-electron chi connectivity index (χ0n) is 16.3. The molecule has 4 rings (SSSR count). The van der Waals surface area contributed by atoms with Crippen LogP contribution >= 0.6 is 11.8 Å². The molecule has 2 aromatic heterocycles. The maximum atomic E-state index is 13.4. The number of rotatable bonds is 6. The molecule has 0 radical (unpaired) electrons. The van der Waals surface area contributed by atoms with Gasteiger partial charge in [0.25, 0.3) is 5.56 Å². The highest BCUT2D eigenvalue weighted by atomic mass is 32.2. The summed E-state index contributed by atoms with van der Waals surface area (Å²) in [6.45, 7) is 2.12. The fourth-order valence-electron chi connectivity index (χ4n) is 3.17. The second-order valence-electron chi connectivity index (χ2n) is 6.78. The highest BCUT2D eigenvalue weighted by Gasteiger charge is 2.20. The fourth-order valence-corrected chi connectivity index (χ4v) is 4.05. The number of aromatic amines is 2. The van der Waals surface area contributed by atoms with E-state index in [2.05, 4.69) is 20.2 Å². The van der Waals surface area contributed by atoms with Crippen LogP contribution in [0.25, 0.3) is 5.69 Å². The first-order valence-electron chi connectivity index (χ1n) is 9.50. The minimum atomic E-state index is -0.624. The molecule has 1 fully saturated rings. The number of hydrogen-bond donors (Lipinski definition) is 2. The van der Waals surface area contributed by atoms with Crippen molar-refractivity contribution >= 4 is 17.7 Å². The second-order valence-corrected chi connectivity index (χ2v) is 7.72. The van der Waals surface area contributed by atoms with Gasteiger partial charge in [0, 0.05) is 37.0 Å². The van der Waals surface area contributed by atoms with Crippen molar-refractivity contribution in [3.05, 3.63) is 68.5 Å². The predicted octanol–water partition coefficient (Wildman–Crippen LogP) is 0.325. The lowest BCUT2D eigenvalue weighted by molar-refractivity contribution is -0.132. The third-order valence-electron chi connectivity index (χ3n) is 4.64. The van der Waals surface area contributed by atoms with Gasteiger partial charge in [-0.1, -0.05) is 11.8 Å². The third kappa shape index (κ3) is 5.09. The molecule has 1 aliphatic rings. The lowest BCUT2D eigenvalue weighted by Crippen LogP contribution is -2.41. The molecule has 0 spiro atoms. The van der Waals surface area contributed by atoms with Crippen LogP contribution in [0.5, 0.6) is 0 Å². The molecule has 31 heavy (non-hydrogen) atoms. The number of benzene rings is 1. The highest BCUT2D eigenvalue weighted by molar-refractivity contribution is 7.99. The zero-order chi connectivity index (χ0) is 21.8. The minimum absolute atomic E-state index is 0.0394. The van der Waals surface area contributed by atoms with E-state index in [0.29, 0.717) is 48.7 Å². The van der Waals surface area contributed by atoms with Crippen molar-refractivity contribution in [3.8, 4) is 5.69 Å². The molecule has 1 amide bonds. The van der Waals surface area contributed by atoms with Gasteiger partial charge in [-0.05, 0) is 24.3 Å². The number of halogens is 1. The van der Waals surface area contributed by atoms with Crippen molar-refractivity contribution in [2.75, 3.05) is 32.1 Å². The first kappa shape index (κ1) is 21.0. The highest BCUT2D eigenvalue weighted by Crippen LogP contribution is 2.24. The number of amides is 1. The van der Waals surface area contributed by atoms with E-state index in [1.54, 1.807) is 21.6 Å². The smallest absolute Gasteiger partial charge is 0.325 e. The number of nitrogens with zero attached hydrogens (tertiary/aromatic N) is 4. The van der Waals surface area contributed by atoms with Crippen molar-refractivity contribution in [2.45, 2.75) is 11.6 Å². The van der Waals surface area contributed by atoms with Crippen LogP contribution in [-0.2, 0) is 16.0 Å². The van der Waals surface area contributed by atoms with Gasteiger partial charge in [0.1, 0.15) is 11.6 Å². The molecule has 3 heterocycles. The van der Waals surface area contributed by atoms with Gasteiger partial charge < -0.3 is 14.6 Å². The summed E-state index contributed by atoms with van der Waals surface area (Å²) in [6.07, 6.45) is 0.113. The van der Waals surface area contributed by atoms with Gasteiger partial charge in [-0.25, -0.2) is 9.18 Å². The summed E-state index contributed by atoms with van der Waals surface area (Å²) in [7, 11) is 0. The van der Waals surface area contributed by atoms with E-state index in [9.17, 15) is 18.8 Å². The lowest BCUT2D eigenvalue weighted by atomic mass is 10.2. The van der Waals surface area contributed by atoms with E-state index in [1.807, 2.05) is 0 Å². The topological polar surface area (TPSA) is 126 Å². The Labute approximate surface area is 179 Å². The van der Waals surface area contributed by atoms with Gasteiger partial charge in [0.2, 0.25) is 5.91 Å². The normalized spacial score (nSPS) is 14.0. The Morgan fingerprint density at radius 3 is 2.58 bits per heavy atom. The van der Waals surface area contributed by atoms with Crippen molar-refractivity contribution in [2.24, 2.45) is 0 Å². The summed E-state index contributed by atoms with van der Waals surface area (Å²) in [5, 5.41) is 8.80. The van der Waals surface area contributed by atoms with E-state index in [1.165, 1.54) is 30.0 Å². The quantitative estimate of drug-likeness (QED) is 0.523. The van der Waals surface area contributed by atoms with Crippen molar-refractivity contribution < 1.29 is 13.9 Å². The van der Waals surface area contributed by atoms with E-state index < -0.39 is 17.1 Å². The number of nitrogens with one attached hydrogen (secondary N) is 2. The molecule has 1 aliphatic heterocycles. The van der Waals surface area contributed by atoms with E-state index in [0.717, 1.165) is 0 Å². The summed E-state index contributed by atoms with van der Waals surface area (Å²) in [4.78, 5) is 42.1. The molecule has 12 heteroatoms. The van der Waals surface area contributed by atoms with Gasteiger partial charge in [0.05, 0.1) is 19.0 Å². The average Bonchev–Trinajstić information content (AvgIpc) is 3.14. The molecule has 0 aliphatic carbocycles. The number of H-pyrrole nitrogens is 2. The van der Waals surface area contributed by atoms with E-state index in [-0.39, 0.29) is 18.1 Å². The van der Waals surface area contributed by atoms with Crippen LogP contribution in [0.2, 0.25) is 0 Å². The molecule has 3 aromatic rings. The number of aromatic nitrogens is 5. The number of ether oxygens (including phenoxy) is 1. The van der Waals surface area contributed by atoms with Crippen LogP contribution in [0.1, 0.15) is 11.5 Å². The van der Waals surface area contributed by atoms with Crippen LogP contribution < -0.4 is 11.2 Å². The van der Waals surface area contributed by atoms with Crippen molar-refractivity contribution in [1.29, 1.82) is 0 Å².